The van der Waals surface area contributed by atoms with Gasteiger partial charge in [0.2, 0.25) is 0 Å². The van der Waals surface area contributed by atoms with Gasteiger partial charge in [-0.05, 0) is 33.3 Å². The van der Waals surface area contributed by atoms with Crippen LogP contribution in [0.1, 0.15) is 30.3 Å². The number of thiocarbonyl (C=S) groups is 1. The zero-order valence-corrected chi connectivity index (χ0v) is 12.1. The van der Waals surface area contributed by atoms with Crippen LogP contribution < -0.4 is 11.1 Å². The third-order valence-corrected chi connectivity index (χ3v) is 2.76. The van der Waals surface area contributed by atoms with Crippen LogP contribution >= 0.6 is 12.2 Å². The van der Waals surface area contributed by atoms with Crippen molar-refractivity contribution in [1.82, 2.24) is 4.98 Å². The summed E-state index contributed by atoms with van der Waals surface area (Å²) in [6.07, 6.45) is 0.949. The van der Waals surface area contributed by atoms with Crippen molar-refractivity contribution in [2.45, 2.75) is 27.2 Å². The molecule has 5 heteroatoms. The number of ether oxygens (including phenoxy) is 1. The number of pyridine rings is 1. The van der Waals surface area contributed by atoms with E-state index in [2.05, 4.69) is 10.3 Å². The van der Waals surface area contributed by atoms with Crippen molar-refractivity contribution in [3.05, 3.63) is 23.0 Å². The first-order chi connectivity index (χ1) is 8.56. The number of rotatable bonds is 7. The first-order valence-corrected chi connectivity index (χ1v) is 6.56. The van der Waals surface area contributed by atoms with Crippen LogP contribution in [0, 0.1) is 13.8 Å². The summed E-state index contributed by atoms with van der Waals surface area (Å²) < 4.78 is 5.29. The zero-order valence-electron chi connectivity index (χ0n) is 11.2. The third-order valence-electron chi connectivity index (χ3n) is 2.56. The molecule has 4 nitrogen and oxygen atoms in total. The summed E-state index contributed by atoms with van der Waals surface area (Å²) in [6, 6.07) is 1.97. The Bertz CT molecular complexity index is 421. The van der Waals surface area contributed by atoms with Crippen LogP contribution in [0.5, 0.6) is 0 Å². The van der Waals surface area contributed by atoms with E-state index in [0.29, 0.717) is 4.99 Å². The molecular weight excluding hydrogens is 246 g/mol. The van der Waals surface area contributed by atoms with Crippen molar-refractivity contribution in [1.29, 1.82) is 0 Å². The highest BCUT2D eigenvalue weighted by Gasteiger charge is 2.10. The second-order valence-electron chi connectivity index (χ2n) is 4.11. The lowest BCUT2D eigenvalue weighted by atomic mass is 10.1. The SMILES string of the molecule is CCOCCCNc1cc(C)nc(C)c1C(N)=S. The Hall–Kier alpha value is -1.20. The van der Waals surface area contributed by atoms with E-state index in [0.717, 1.165) is 48.8 Å². The first kappa shape index (κ1) is 14.9. The highest BCUT2D eigenvalue weighted by molar-refractivity contribution is 7.80. The summed E-state index contributed by atoms with van der Waals surface area (Å²) >= 11 is 5.07. The lowest BCUT2D eigenvalue weighted by Gasteiger charge is -2.14. The molecule has 0 amide bonds. The van der Waals surface area contributed by atoms with E-state index in [1.54, 1.807) is 0 Å². The van der Waals surface area contributed by atoms with E-state index in [9.17, 15) is 0 Å². The largest absolute Gasteiger partial charge is 0.389 e. The van der Waals surface area contributed by atoms with Gasteiger partial charge in [-0.25, -0.2) is 0 Å². The predicted octanol–water partition coefficient (Wildman–Crippen LogP) is 2.17. The maximum atomic E-state index is 5.74. The zero-order chi connectivity index (χ0) is 13.5. The molecule has 0 spiro atoms. The molecule has 1 aromatic rings. The topological polar surface area (TPSA) is 60.2 Å². The molecule has 18 heavy (non-hydrogen) atoms. The molecule has 100 valence electrons. The summed E-state index contributed by atoms with van der Waals surface area (Å²) in [5, 5.41) is 3.35. The molecule has 0 aliphatic rings. The van der Waals surface area contributed by atoms with E-state index in [1.807, 2.05) is 26.8 Å². The lowest BCUT2D eigenvalue weighted by Crippen LogP contribution is -2.17. The molecule has 1 heterocycles. The van der Waals surface area contributed by atoms with Gasteiger partial charge in [0.25, 0.3) is 0 Å². The normalized spacial score (nSPS) is 10.4. The monoisotopic (exact) mass is 267 g/mol. The van der Waals surface area contributed by atoms with Crippen molar-refractivity contribution >= 4 is 22.9 Å². The van der Waals surface area contributed by atoms with Gasteiger partial charge in [0.15, 0.2) is 0 Å². The van der Waals surface area contributed by atoms with Crippen LogP contribution in [0.4, 0.5) is 5.69 Å². The Kier molecular flexibility index (Phi) is 6.01. The quantitative estimate of drug-likeness (QED) is 0.585. The number of hydrogen-bond acceptors (Lipinski definition) is 4. The van der Waals surface area contributed by atoms with Gasteiger partial charge >= 0.3 is 0 Å². The van der Waals surface area contributed by atoms with Crippen LogP contribution in [0.2, 0.25) is 0 Å². The van der Waals surface area contributed by atoms with E-state index < -0.39 is 0 Å². The number of anilines is 1. The van der Waals surface area contributed by atoms with Gasteiger partial charge < -0.3 is 15.8 Å². The highest BCUT2D eigenvalue weighted by Crippen LogP contribution is 2.19. The summed E-state index contributed by atoms with van der Waals surface area (Å²) in [4.78, 5) is 4.76. The molecule has 0 atom stereocenters. The second kappa shape index (κ2) is 7.28. The number of nitrogens with one attached hydrogen (secondary N) is 1. The van der Waals surface area contributed by atoms with Gasteiger partial charge in [-0.15, -0.1) is 0 Å². The van der Waals surface area contributed by atoms with Crippen LogP contribution in [-0.2, 0) is 4.74 Å². The standard InChI is InChI=1S/C13H21N3OS/c1-4-17-7-5-6-15-11-8-9(2)16-10(3)12(11)13(14)18/h8H,4-7H2,1-3H3,(H2,14,18)(H,15,16). The Morgan fingerprint density at radius 1 is 1.50 bits per heavy atom. The van der Waals surface area contributed by atoms with E-state index in [-0.39, 0.29) is 0 Å². The smallest absolute Gasteiger partial charge is 0.107 e. The molecule has 0 saturated heterocycles. The molecule has 0 aliphatic carbocycles. The Balaban J connectivity index is 2.71. The van der Waals surface area contributed by atoms with E-state index in [1.165, 1.54) is 0 Å². The van der Waals surface area contributed by atoms with E-state index >= 15 is 0 Å². The van der Waals surface area contributed by atoms with Gasteiger partial charge in [0, 0.05) is 36.8 Å². The fraction of sp³-hybridized carbons (Fsp3) is 0.538. The molecule has 0 fully saturated rings. The first-order valence-electron chi connectivity index (χ1n) is 6.16. The fourth-order valence-electron chi connectivity index (χ4n) is 1.82. The van der Waals surface area contributed by atoms with Crippen LogP contribution in [0.15, 0.2) is 6.07 Å². The van der Waals surface area contributed by atoms with Crippen molar-refractivity contribution < 1.29 is 4.74 Å². The van der Waals surface area contributed by atoms with Crippen LogP contribution in [-0.4, -0.2) is 29.7 Å². The van der Waals surface area contributed by atoms with Crippen LogP contribution in [0.25, 0.3) is 0 Å². The summed E-state index contributed by atoms with van der Waals surface area (Å²) in [5.41, 5.74) is 9.37. The van der Waals surface area contributed by atoms with Crippen molar-refractivity contribution in [2.24, 2.45) is 5.73 Å². The molecule has 0 radical (unpaired) electrons. The van der Waals surface area contributed by atoms with Gasteiger partial charge in [0.1, 0.15) is 4.99 Å². The third kappa shape index (κ3) is 4.23. The lowest BCUT2D eigenvalue weighted by molar-refractivity contribution is 0.147. The second-order valence-corrected chi connectivity index (χ2v) is 4.55. The number of hydrogen-bond donors (Lipinski definition) is 2. The average Bonchev–Trinajstić information content (AvgIpc) is 2.27. The number of aromatic nitrogens is 1. The average molecular weight is 267 g/mol. The Morgan fingerprint density at radius 3 is 2.83 bits per heavy atom. The number of nitrogens with two attached hydrogens (primary N) is 1. The summed E-state index contributed by atoms with van der Waals surface area (Å²) in [6.45, 7) is 8.22. The van der Waals surface area contributed by atoms with Gasteiger partial charge in [-0.2, -0.15) is 0 Å². The van der Waals surface area contributed by atoms with Crippen LogP contribution in [0.3, 0.4) is 0 Å². The van der Waals surface area contributed by atoms with Gasteiger partial charge in [-0.1, -0.05) is 12.2 Å². The van der Waals surface area contributed by atoms with Gasteiger partial charge in [0.05, 0.1) is 5.56 Å². The van der Waals surface area contributed by atoms with Crippen molar-refractivity contribution in [2.75, 3.05) is 25.1 Å². The molecule has 0 aromatic carbocycles. The Labute approximate surface area is 114 Å². The minimum atomic E-state index is 0.382. The van der Waals surface area contributed by atoms with Crippen molar-refractivity contribution in [3.8, 4) is 0 Å². The van der Waals surface area contributed by atoms with E-state index in [4.69, 9.17) is 22.7 Å². The van der Waals surface area contributed by atoms with Gasteiger partial charge in [-0.3, -0.25) is 4.98 Å². The maximum absolute atomic E-state index is 5.74. The molecule has 1 rings (SSSR count). The molecule has 0 aliphatic heterocycles. The minimum absolute atomic E-state index is 0.382. The minimum Gasteiger partial charge on any atom is -0.389 e. The highest BCUT2D eigenvalue weighted by atomic mass is 32.1. The predicted molar refractivity (Wildman–Crippen MR) is 79.2 cm³/mol. The Morgan fingerprint density at radius 2 is 2.22 bits per heavy atom. The molecule has 0 bridgehead atoms. The summed E-state index contributed by atoms with van der Waals surface area (Å²) in [5.74, 6) is 0. The summed E-state index contributed by atoms with van der Waals surface area (Å²) in [7, 11) is 0. The maximum Gasteiger partial charge on any atom is 0.107 e. The number of nitrogens with zero attached hydrogens (tertiary/aromatic N) is 1. The molecule has 3 N–H and O–H groups in total. The number of aryl methyl sites for hydroxylation is 2. The molecule has 0 saturated carbocycles. The molecule has 0 unspecified atom stereocenters. The molecular formula is C13H21N3OS. The fourth-order valence-corrected chi connectivity index (χ4v) is 2.08. The van der Waals surface area contributed by atoms with Crippen molar-refractivity contribution in [3.63, 3.8) is 0 Å². The molecule has 1 aromatic heterocycles.